The van der Waals surface area contributed by atoms with Crippen molar-refractivity contribution < 1.29 is 21.6 Å². The maximum Gasteiger partial charge on any atom is 0.252 e. The predicted molar refractivity (Wildman–Crippen MR) is 139 cm³/mol. The van der Waals surface area contributed by atoms with E-state index in [0.29, 0.717) is 45.5 Å². The van der Waals surface area contributed by atoms with Crippen molar-refractivity contribution in [1.29, 1.82) is 0 Å². The molecule has 0 aliphatic carbocycles. The van der Waals surface area contributed by atoms with Gasteiger partial charge in [-0.2, -0.15) is 4.31 Å². The summed E-state index contributed by atoms with van der Waals surface area (Å²) in [5, 5.41) is 2.19. The molecule has 3 aromatic rings. The van der Waals surface area contributed by atoms with E-state index in [9.17, 15) is 21.6 Å². The first-order valence-electron chi connectivity index (χ1n) is 11.1. The van der Waals surface area contributed by atoms with Crippen LogP contribution in [0.15, 0.2) is 44.8 Å². The molecule has 4 rings (SSSR count). The quantitative estimate of drug-likeness (QED) is 0.420. The second-order valence-corrected chi connectivity index (χ2v) is 14.9. The van der Waals surface area contributed by atoms with Gasteiger partial charge in [0.25, 0.3) is 10.0 Å². The summed E-state index contributed by atoms with van der Waals surface area (Å²) in [6.07, 6.45) is 1.98. The lowest BCUT2D eigenvalue weighted by molar-refractivity contribution is -0.123. The first-order valence-corrected chi connectivity index (χ1v) is 16.1. The van der Waals surface area contributed by atoms with Crippen molar-refractivity contribution in [1.82, 2.24) is 14.2 Å². The number of carbonyl (C=O) groups is 1. The minimum Gasteiger partial charge on any atom is -0.308 e. The largest absolute Gasteiger partial charge is 0.308 e. The van der Waals surface area contributed by atoms with E-state index in [1.807, 2.05) is 19.0 Å². The highest BCUT2D eigenvalue weighted by molar-refractivity contribution is 7.91. The number of para-hydroxylation sites is 1. The fourth-order valence-corrected chi connectivity index (χ4v) is 8.56. The number of nitrogens with zero attached hydrogens (tertiary/aromatic N) is 4. The summed E-state index contributed by atoms with van der Waals surface area (Å²) in [6, 6.07) is 8.31. The molecule has 1 aliphatic rings. The predicted octanol–water partition coefficient (Wildman–Crippen LogP) is 2.76. The standard InChI is InChI=1S/C22H28N4O5S4/c1-24(2)13-14-26(22-23-20-17(33-22)6-4-7-18(20)34(3,28)29)21(27)16-9-11-25(12-10-16)35(30,31)19-8-5-15-32-19/h4-8,15-16H,9-14H2,1-3H3. The van der Waals surface area contributed by atoms with Gasteiger partial charge in [0.1, 0.15) is 9.73 Å². The zero-order valence-electron chi connectivity index (χ0n) is 19.7. The summed E-state index contributed by atoms with van der Waals surface area (Å²) in [4.78, 5) is 22.0. The summed E-state index contributed by atoms with van der Waals surface area (Å²) < 4.78 is 52.6. The second-order valence-electron chi connectivity index (χ2n) is 8.78. The minimum absolute atomic E-state index is 0.111. The highest BCUT2D eigenvalue weighted by Crippen LogP contribution is 2.34. The van der Waals surface area contributed by atoms with Gasteiger partial charge in [-0.1, -0.05) is 23.5 Å². The number of piperidine rings is 1. The van der Waals surface area contributed by atoms with Crippen LogP contribution in [0.4, 0.5) is 5.13 Å². The van der Waals surface area contributed by atoms with Gasteiger partial charge < -0.3 is 4.90 Å². The molecule has 0 bridgehead atoms. The average Bonchev–Trinajstić information content (AvgIpc) is 3.48. The number of rotatable bonds is 8. The molecule has 2 aromatic heterocycles. The lowest BCUT2D eigenvalue weighted by atomic mass is 9.96. The molecule has 0 atom stereocenters. The Balaban J connectivity index is 1.58. The normalized spacial score (nSPS) is 16.2. The van der Waals surface area contributed by atoms with Crippen LogP contribution in [0.25, 0.3) is 10.2 Å². The fourth-order valence-electron chi connectivity index (χ4n) is 4.03. The van der Waals surface area contributed by atoms with Gasteiger partial charge in [-0.25, -0.2) is 21.8 Å². The summed E-state index contributed by atoms with van der Waals surface area (Å²) in [5.74, 6) is -0.451. The molecule has 9 nitrogen and oxygen atoms in total. The highest BCUT2D eigenvalue weighted by atomic mass is 32.2. The Bertz CT molecular complexity index is 1410. The number of thiazole rings is 1. The van der Waals surface area contributed by atoms with Gasteiger partial charge in [0.05, 0.1) is 9.60 Å². The number of sulfonamides is 1. The Morgan fingerprint density at radius 2 is 1.80 bits per heavy atom. The monoisotopic (exact) mass is 556 g/mol. The van der Waals surface area contributed by atoms with Crippen LogP contribution in [0.2, 0.25) is 0 Å². The van der Waals surface area contributed by atoms with Crippen molar-refractivity contribution in [2.24, 2.45) is 5.92 Å². The third-order valence-corrected chi connectivity index (χ3v) is 11.4. The maximum absolute atomic E-state index is 13.6. The van der Waals surface area contributed by atoms with Gasteiger partial charge in [0.2, 0.25) is 5.91 Å². The Kier molecular flexibility index (Phi) is 7.65. The fraction of sp³-hybridized carbons (Fsp3) is 0.455. The van der Waals surface area contributed by atoms with Crippen LogP contribution in [0.3, 0.4) is 0 Å². The van der Waals surface area contributed by atoms with Gasteiger partial charge in [0.15, 0.2) is 15.0 Å². The summed E-state index contributed by atoms with van der Waals surface area (Å²) in [7, 11) is -3.19. The number of benzene rings is 1. The van der Waals surface area contributed by atoms with Gasteiger partial charge in [-0.15, -0.1) is 11.3 Å². The Hall–Kier alpha value is -1.90. The smallest absolute Gasteiger partial charge is 0.252 e. The van der Waals surface area contributed by atoms with Crippen molar-refractivity contribution in [2.75, 3.05) is 51.4 Å². The molecule has 1 saturated heterocycles. The molecule has 3 heterocycles. The number of amides is 1. The first-order chi connectivity index (χ1) is 16.5. The number of sulfone groups is 1. The third kappa shape index (κ3) is 5.59. The molecule has 0 spiro atoms. The van der Waals surface area contributed by atoms with Gasteiger partial charge >= 0.3 is 0 Å². The summed E-state index contributed by atoms with van der Waals surface area (Å²) in [6.45, 7) is 1.55. The van der Waals surface area contributed by atoms with Gasteiger partial charge in [-0.3, -0.25) is 9.69 Å². The van der Waals surface area contributed by atoms with Gasteiger partial charge in [0, 0.05) is 38.4 Å². The van der Waals surface area contributed by atoms with Crippen LogP contribution < -0.4 is 4.90 Å². The van der Waals surface area contributed by atoms with E-state index in [1.54, 1.807) is 34.5 Å². The molecule has 35 heavy (non-hydrogen) atoms. The molecular weight excluding hydrogens is 529 g/mol. The van der Waals surface area contributed by atoms with E-state index in [0.717, 1.165) is 6.26 Å². The Morgan fingerprint density at radius 1 is 1.09 bits per heavy atom. The van der Waals surface area contributed by atoms with E-state index < -0.39 is 19.9 Å². The van der Waals surface area contributed by atoms with Crippen LogP contribution in [-0.4, -0.2) is 83.5 Å². The van der Waals surface area contributed by atoms with Gasteiger partial charge in [-0.05, 0) is 50.5 Å². The molecule has 13 heteroatoms. The van der Waals surface area contributed by atoms with Crippen molar-refractivity contribution in [3.63, 3.8) is 0 Å². The van der Waals surface area contributed by atoms with Crippen molar-refractivity contribution >= 4 is 63.8 Å². The Labute approximate surface area is 214 Å². The lowest BCUT2D eigenvalue weighted by Crippen LogP contribution is -2.45. The van der Waals surface area contributed by atoms with Crippen LogP contribution in [0.1, 0.15) is 12.8 Å². The summed E-state index contributed by atoms with van der Waals surface area (Å²) in [5.41, 5.74) is 0.370. The van der Waals surface area contributed by atoms with E-state index in [1.165, 1.54) is 33.0 Å². The molecule has 0 radical (unpaired) electrons. The SMILES string of the molecule is CN(C)CCN(C(=O)C1CCN(S(=O)(=O)c2cccs2)CC1)c1nc2c(S(C)(=O)=O)cccc2s1. The van der Waals surface area contributed by atoms with E-state index in [2.05, 4.69) is 4.98 Å². The van der Waals surface area contributed by atoms with E-state index in [4.69, 9.17) is 0 Å². The molecule has 0 unspecified atom stereocenters. The topological polar surface area (TPSA) is 108 Å². The van der Waals surface area contributed by atoms with E-state index in [-0.39, 0.29) is 29.8 Å². The molecule has 0 saturated carbocycles. The molecule has 0 N–H and O–H groups in total. The van der Waals surface area contributed by atoms with Crippen molar-refractivity contribution in [2.45, 2.75) is 21.9 Å². The molecule has 1 amide bonds. The number of likely N-dealkylation sites (N-methyl/N-ethyl adjacent to an activating group) is 1. The second kappa shape index (κ2) is 10.2. The number of hydrogen-bond acceptors (Lipinski definition) is 9. The van der Waals surface area contributed by atoms with Crippen LogP contribution in [0.5, 0.6) is 0 Å². The minimum atomic E-state index is -3.54. The van der Waals surface area contributed by atoms with Crippen LogP contribution in [0, 0.1) is 5.92 Å². The number of aromatic nitrogens is 1. The number of thiophene rings is 1. The molecule has 190 valence electrons. The maximum atomic E-state index is 13.6. The number of anilines is 1. The highest BCUT2D eigenvalue weighted by Gasteiger charge is 2.35. The Morgan fingerprint density at radius 3 is 2.40 bits per heavy atom. The molecular formula is C22H28N4O5S4. The van der Waals surface area contributed by atoms with E-state index >= 15 is 0 Å². The zero-order valence-corrected chi connectivity index (χ0v) is 23.0. The number of hydrogen-bond donors (Lipinski definition) is 0. The number of carbonyl (C=O) groups excluding carboxylic acids is 1. The lowest BCUT2D eigenvalue weighted by Gasteiger charge is -2.33. The third-order valence-electron chi connectivity index (χ3n) is 5.93. The average molecular weight is 557 g/mol. The van der Waals surface area contributed by atoms with Crippen molar-refractivity contribution in [3.05, 3.63) is 35.7 Å². The summed E-state index contributed by atoms with van der Waals surface area (Å²) >= 11 is 2.48. The molecule has 1 aromatic carbocycles. The van der Waals surface area contributed by atoms with Crippen LogP contribution >= 0.6 is 22.7 Å². The molecule has 1 aliphatic heterocycles. The zero-order chi connectivity index (χ0) is 25.4. The molecule has 1 fully saturated rings. The number of fused-ring (bicyclic) bond motifs is 1. The van der Waals surface area contributed by atoms with Crippen molar-refractivity contribution in [3.8, 4) is 0 Å². The van der Waals surface area contributed by atoms with Crippen LogP contribution in [-0.2, 0) is 24.7 Å². The first kappa shape index (κ1) is 26.2.